The van der Waals surface area contributed by atoms with E-state index in [1.165, 1.54) is 6.07 Å². The van der Waals surface area contributed by atoms with Gasteiger partial charge in [-0.25, -0.2) is 4.39 Å². The number of H-pyrrole nitrogens is 1. The third kappa shape index (κ3) is 3.34. The van der Waals surface area contributed by atoms with Gasteiger partial charge in [-0.3, -0.25) is 9.89 Å². The summed E-state index contributed by atoms with van der Waals surface area (Å²) in [4.78, 5) is 14.3. The van der Waals surface area contributed by atoms with E-state index in [0.717, 1.165) is 18.7 Å². The van der Waals surface area contributed by atoms with Crippen LogP contribution in [0, 0.1) is 10.6 Å². The van der Waals surface area contributed by atoms with Gasteiger partial charge in [0.05, 0.1) is 6.42 Å². The summed E-state index contributed by atoms with van der Waals surface area (Å²) < 4.78 is 16.1. The molecule has 3 rings (SSSR count). The average Bonchev–Trinajstić information content (AvgIpc) is 2.89. The monoisotopic (exact) mass is 334 g/mol. The van der Waals surface area contributed by atoms with Crippen LogP contribution in [0.4, 0.5) is 4.39 Å². The number of piperidine rings is 1. The maximum Gasteiger partial charge on any atom is 0.227 e. The van der Waals surface area contributed by atoms with Gasteiger partial charge in [-0.1, -0.05) is 18.2 Å². The normalized spacial score (nSPS) is 18.2. The summed E-state index contributed by atoms with van der Waals surface area (Å²) in [5.74, 6) is 0.658. The third-order valence-electron chi connectivity index (χ3n) is 4.35. The van der Waals surface area contributed by atoms with E-state index in [4.69, 9.17) is 12.2 Å². The first kappa shape index (κ1) is 15.9. The number of halogens is 1. The lowest BCUT2D eigenvalue weighted by molar-refractivity contribution is -0.131. The largest absolute Gasteiger partial charge is 0.342 e. The van der Waals surface area contributed by atoms with Crippen LogP contribution in [0.3, 0.4) is 0 Å². The number of carbonyl (C=O) groups is 1. The molecule has 1 aromatic carbocycles. The van der Waals surface area contributed by atoms with Crippen molar-refractivity contribution in [2.75, 3.05) is 13.1 Å². The summed E-state index contributed by atoms with van der Waals surface area (Å²) in [6.07, 6.45) is 1.97. The van der Waals surface area contributed by atoms with Crippen LogP contribution >= 0.6 is 12.2 Å². The minimum absolute atomic E-state index is 0.0448. The Bertz CT molecular complexity index is 769. The van der Waals surface area contributed by atoms with Crippen LogP contribution in [0.15, 0.2) is 24.3 Å². The number of aromatic nitrogens is 3. The topological polar surface area (TPSA) is 53.9 Å². The molecule has 2 aromatic rings. The molecule has 1 fully saturated rings. The molecule has 2 heterocycles. The first-order valence-corrected chi connectivity index (χ1v) is 8.09. The smallest absolute Gasteiger partial charge is 0.227 e. The van der Waals surface area contributed by atoms with Crippen molar-refractivity contribution in [2.45, 2.75) is 25.2 Å². The van der Waals surface area contributed by atoms with Crippen molar-refractivity contribution in [3.63, 3.8) is 0 Å². The molecule has 1 aliphatic rings. The summed E-state index contributed by atoms with van der Waals surface area (Å²) >= 11 is 5.15. The maximum absolute atomic E-state index is 13.7. The highest BCUT2D eigenvalue weighted by Crippen LogP contribution is 2.25. The Morgan fingerprint density at radius 3 is 2.96 bits per heavy atom. The molecular weight excluding hydrogens is 315 g/mol. The van der Waals surface area contributed by atoms with Crippen LogP contribution in [0.25, 0.3) is 0 Å². The molecule has 1 amide bonds. The van der Waals surface area contributed by atoms with E-state index < -0.39 is 0 Å². The van der Waals surface area contributed by atoms with Crippen molar-refractivity contribution in [3.05, 3.63) is 46.2 Å². The molecule has 0 unspecified atom stereocenters. The van der Waals surface area contributed by atoms with Crippen molar-refractivity contribution in [2.24, 2.45) is 7.05 Å². The molecule has 0 bridgehead atoms. The van der Waals surface area contributed by atoms with E-state index in [-0.39, 0.29) is 24.1 Å². The molecule has 7 heteroatoms. The first-order valence-electron chi connectivity index (χ1n) is 7.68. The van der Waals surface area contributed by atoms with Crippen LogP contribution in [-0.4, -0.2) is 38.7 Å². The van der Waals surface area contributed by atoms with Gasteiger partial charge >= 0.3 is 0 Å². The van der Waals surface area contributed by atoms with Crippen molar-refractivity contribution in [3.8, 4) is 0 Å². The van der Waals surface area contributed by atoms with Crippen LogP contribution < -0.4 is 0 Å². The van der Waals surface area contributed by atoms with E-state index in [1.807, 2.05) is 11.6 Å². The first-order chi connectivity index (χ1) is 11.1. The number of nitrogens with one attached hydrogen (secondary N) is 1. The van der Waals surface area contributed by atoms with E-state index in [9.17, 15) is 9.18 Å². The Kier molecular flexibility index (Phi) is 4.56. The molecule has 1 atom stereocenters. The minimum Gasteiger partial charge on any atom is -0.342 e. The lowest BCUT2D eigenvalue weighted by Gasteiger charge is -2.32. The lowest BCUT2D eigenvalue weighted by Crippen LogP contribution is -2.40. The van der Waals surface area contributed by atoms with Crippen LogP contribution in [0.5, 0.6) is 0 Å². The standard InChI is InChI=1S/C16H19FN4OS/c1-20-15(18-19-16(20)23)12-6-4-8-21(10-12)14(22)9-11-5-2-3-7-13(11)17/h2-3,5,7,12H,4,6,8-10H2,1H3,(H,19,23)/t12-/m0/s1. The number of carbonyl (C=O) groups excluding carboxylic acids is 1. The maximum atomic E-state index is 13.7. The average molecular weight is 334 g/mol. The number of likely N-dealkylation sites (tertiary alicyclic amines) is 1. The zero-order valence-corrected chi connectivity index (χ0v) is 13.8. The number of aromatic amines is 1. The van der Waals surface area contributed by atoms with Gasteiger partial charge in [0.1, 0.15) is 11.6 Å². The predicted octanol–water partition coefficient (Wildman–Crippen LogP) is 2.57. The number of amides is 1. The van der Waals surface area contributed by atoms with Gasteiger partial charge in [0, 0.05) is 26.1 Å². The van der Waals surface area contributed by atoms with Gasteiger partial charge in [0.25, 0.3) is 0 Å². The molecule has 0 radical (unpaired) electrons. The summed E-state index contributed by atoms with van der Waals surface area (Å²) in [5, 5.41) is 7.07. The van der Waals surface area contributed by atoms with Crippen LogP contribution in [0.1, 0.15) is 30.1 Å². The molecule has 5 nitrogen and oxygen atoms in total. The molecule has 1 N–H and O–H groups in total. The van der Waals surface area contributed by atoms with Gasteiger partial charge in [-0.05, 0) is 36.7 Å². The molecule has 0 spiro atoms. The minimum atomic E-state index is -0.330. The molecule has 1 aliphatic heterocycles. The van der Waals surface area contributed by atoms with E-state index in [2.05, 4.69) is 10.2 Å². The van der Waals surface area contributed by atoms with Gasteiger partial charge in [0.2, 0.25) is 5.91 Å². The molecule has 23 heavy (non-hydrogen) atoms. The highest BCUT2D eigenvalue weighted by molar-refractivity contribution is 7.71. The van der Waals surface area contributed by atoms with Crippen molar-refractivity contribution in [1.29, 1.82) is 0 Å². The fraction of sp³-hybridized carbons (Fsp3) is 0.438. The summed E-state index contributed by atoms with van der Waals surface area (Å²) in [6.45, 7) is 1.30. The Labute approximate surface area is 139 Å². The fourth-order valence-electron chi connectivity index (χ4n) is 3.06. The summed E-state index contributed by atoms with van der Waals surface area (Å²) in [7, 11) is 1.88. The number of rotatable bonds is 3. The van der Waals surface area contributed by atoms with E-state index in [1.54, 1.807) is 23.1 Å². The fourth-order valence-corrected chi connectivity index (χ4v) is 3.19. The van der Waals surface area contributed by atoms with Gasteiger partial charge in [-0.15, -0.1) is 0 Å². The Hall–Kier alpha value is -2.02. The molecule has 0 saturated carbocycles. The Morgan fingerprint density at radius 1 is 1.48 bits per heavy atom. The Balaban J connectivity index is 1.71. The zero-order chi connectivity index (χ0) is 16.4. The van der Waals surface area contributed by atoms with Crippen LogP contribution in [-0.2, 0) is 18.3 Å². The van der Waals surface area contributed by atoms with E-state index >= 15 is 0 Å². The highest BCUT2D eigenvalue weighted by Gasteiger charge is 2.27. The van der Waals surface area contributed by atoms with Crippen molar-refractivity contribution < 1.29 is 9.18 Å². The second-order valence-corrected chi connectivity index (χ2v) is 6.28. The number of nitrogens with zero attached hydrogens (tertiary/aromatic N) is 3. The highest BCUT2D eigenvalue weighted by atomic mass is 32.1. The second kappa shape index (κ2) is 6.62. The Morgan fingerprint density at radius 2 is 2.26 bits per heavy atom. The van der Waals surface area contributed by atoms with E-state index in [0.29, 0.717) is 23.4 Å². The molecular formula is C16H19FN4OS. The predicted molar refractivity (Wildman–Crippen MR) is 87.1 cm³/mol. The number of hydrogen-bond acceptors (Lipinski definition) is 3. The quantitative estimate of drug-likeness (QED) is 0.878. The SMILES string of the molecule is Cn1c([C@H]2CCCN(C(=O)Cc3ccccc3F)C2)n[nH]c1=S. The summed E-state index contributed by atoms with van der Waals surface area (Å²) in [5.41, 5.74) is 0.442. The van der Waals surface area contributed by atoms with Gasteiger partial charge in [0.15, 0.2) is 4.77 Å². The van der Waals surface area contributed by atoms with Crippen molar-refractivity contribution >= 4 is 18.1 Å². The lowest BCUT2D eigenvalue weighted by atomic mass is 9.96. The summed E-state index contributed by atoms with van der Waals surface area (Å²) in [6, 6.07) is 6.42. The molecule has 1 saturated heterocycles. The molecule has 0 aliphatic carbocycles. The van der Waals surface area contributed by atoms with Crippen LogP contribution in [0.2, 0.25) is 0 Å². The van der Waals surface area contributed by atoms with Gasteiger partial charge < -0.3 is 9.47 Å². The second-order valence-electron chi connectivity index (χ2n) is 5.89. The molecule has 1 aromatic heterocycles. The molecule has 122 valence electrons. The van der Waals surface area contributed by atoms with Gasteiger partial charge in [-0.2, -0.15) is 5.10 Å². The number of benzene rings is 1. The third-order valence-corrected chi connectivity index (χ3v) is 4.72. The zero-order valence-electron chi connectivity index (χ0n) is 13.0. The van der Waals surface area contributed by atoms with Crippen molar-refractivity contribution in [1.82, 2.24) is 19.7 Å². The number of hydrogen-bond donors (Lipinski definition) is 1.